The fourth-order valence-corrected chi connectivity index (χ4v) is 2.67. The molecule has 0 unspecified atom stereocenters. The maximum Gasteiger partial charge on any atom is 0.194 e. The van der Waals surface area contributed by atoms with E-state index in [2.05, 4.69) is 20.9 Å². The van der Waals surface area contributed by atoms with Crippen LogP contribution in [0.2, 0.25) is 0 Å². The van der Waals surface area contributed by atoms with Gasteiger partial charge in [0.15, 0.2) is 5.78 Å². The lowest BCUT2D eigenvalue weighted by Gasteiger charge is -2.08. The number of para-hydroxylation sites is 1. The fraction of sp³-hybridized carbons (Fsp3) is 0.111. The number of benzene rings is 2. The van der Waals surface area contributed by atoms with Crippen molar-refractivity contribution in [1.82, 2.24) is 4.98 Å². The predicted molar refractivity (Wildman–Crippen MR) is 88.8 cm³/mol. The molecule has 21 heavy (non-hydrogen) atoms. The number of nitrogens with zero attached hydrogens (tertiary/aromatic N) is 1. The molecule has 104 valence electrons. The van der Waals surface area contributed by atoms with Crippen LogP contribution in [0.4, 0.5) is 0 Å². The van der Waals surface area contributed by atoms with Crippen LogP contribution in [0.25, 0.3) is 10.9 Å². The molecule has 0 saturated carbocycles. The van der Waals surface area contributed by atoms with Crippen molar-refractivity contribution in [2.75, 3.05) is 0 Å². The van der Waals surface area contributed by atoms with Crippen LogP contribution in [0.1, 0.15) is 27.0 Å². The summed E-state index contributed by atoms with van der Waals surface area (Å²) in [5.41, 5.74) is 4.34. The Hall–Kier alpha value is -2.00. The third-order valence-electron chi connectivity index (χ3n) is 3.55. The van der Waals surface area contributed by atoms with E-state index in [1.54, 1.807) is 6.20 Å². The van der Waals surface area contributed by atoms with E-state index in [9.17, 15) is 4.79 Å². The number of carbonyl (C=O) groups is 1. The first kappa shape index (κ1) is 14.0. The van der Waals surface area contributed by atoms with E-state index >= 15 is 0 Å². The lowest BCUT2D eigenvalue weighted by molar-refractivity contribution is 0.103. The summed E-state index contributed by atoms with van der Waals surface area (Å²) in [6.07, 6.45) is 1.65. The highest BCUT2D eigenvalue weighted by Crippen LogP contribution is 2.24. The number of hydrogen-bond acceptors (Lipinski definition) is 2. The van der Waals surface area contributed by atoms with Crippen molar-refractivity contribution in [2.45, 2.75) is 13.8 Å². The van der Waals surface area contributed by atoms with E-state index in [0.29, 0.717) is 11.1 Å². The zero-order valence-electron chi connectivity index (χ0n) is 11.9. The van der Waals surface area contributed by atoms with Crippen molar-refractivity contribution >= 4 is 32.6 Å². The van der Waals surface area contributed by atoms with E-state index in [0.717, 1.165) is 26.5 Å². The van der Waals surface area contributed by atoms with Gasteiger partial charge in [0.2, 0.25) is 0 Å². The molecule has 0 aliphatic heterocycles. The number of rotatable bonds is 2. The summed E-state index contributed by atoms with van der Waals surface area (Å²) >= 11 is 3.53. The summed E-state index contributed by atoms with van der Waals surface area (Å²) in [4.78, 5) is 17.0. The molecule has 0 radical (unpaired) electrons. The van der Waals surface area contributed by atoms with Gasteiger partial charge in [-0.2, -0.15) is 0 Å². The highest BCUT2D eigenvalue weighted by Gasteiger charge is 2.13. The summed E-state index contributed by atoms with van der Waals surface area (Å²) in [6.45, 7) is 3.99. The molecule has 0 aliphatic carbocycles. The topological polar surface area (TPSA) is 30.0 Å². The molecule has 3 aromatic rings. The van der Waals surface area contributed by atoms with Gasteiger partial charge in [0.1, 0.15) is 0 Å². The molecule has 0 aliphatic rings. The van der Waals surface area contributed by atoms with E-state index in [1.807, 2.05) is 56.3 Å². The van der Waals surface area contributed by atoms with Crippen molar-refractivity contribution in [1.29, 1.82) is 0 Å². The van der Waals surface area contributed by atoms with Crippen molar-refractivity contribution in [2.24, 2.45) is 0 Å². The summed E-state index contributed by atoms with van der Waals surface area (Å²) in [6, 6.07) is 13.5. The van der Waals surface area contributed by atoms with Crippen molar-refractivity contribution in [3.05, 3.63) is 75.4 Å². The lowest BCUT2D eigenvalue weighted by Crippen LogP contribution is -2.03. The van der Waals surface area contributed by atoms with Crippen molar-refractivity contribution < 1.29 is 4.79 Å². The van der Waals surface area contributed by atoms with E-state index in [1.165, 1.54) is 0 Å². The molecule has 2 nitrogen and oxygen atoms in total. The molecule has 2 aromatic carbocycles. The van der Waals surface area contributed by atoms with Gasteiger partial charge in [0, 0.05) is 27.2 Å². The second kappa shape index (κ2) is 5.41. The Morgan fingerprint density at radius 2 is 1.67 bits per heavy atom. The smallest absolute Gasteiger partial charge is 0.194 e. The number of fused-ring (bicyclic) bond motifs is 1. The van der Waals surface area contributed by atoms with Crippen LogP contribution >= 0.6 is 15.9 Å². The molecule has 0 spiro atoms. The number of pyridine rings is 1. The maximum atomic E-state index is 12.7. The van der Waals surface area contributed by atoms with Gasteiger partial charge in [-0.1, -0.05) is 34.1 Å². The molecular formula is C18H14BrNO. The first-order valence-electron chi connectivity index (χ1n) is 6.72. The van der Waals surface area contributed by atoms with Gasteiger partial charge in [-0.15, -0.1) is 0 Å². The van der Waals surface area contributed by atoms with Gasteiger partial charge < -0.3 is 0 Å². The summed E-state index contributed by atoms with van der Waals surface area (Å²) in [7, 11) is 0. The molecule has 0 atom stereocenters. The standard InChI is InChI=1S/C18H14BrNO/c1-11-7-14(8-12(2)17(11)19)18(21)15-9-13-5-3-4-6-16(13)20-10-15/h3-10H,1-2H3. The Bertz CT molecular complexity index is 832. The molecule has 3 heteroatoms. The third kappa shape index (κ3) is 2.61. The van der Waals surface area contributed by atoms with Crippen LogP contribution in [0.15, 0.2) is 53.1 Å². The zero-order chi connectivity index (χ0) is 15.0. The SMILES string of the molecule is Cc1cc(C(=O)c2cnc3ccccc3c2)cc(C)c1Br. The highest BCUT2D eigenvalue weighted by atomic mass is 79.9. The molecule has 0 saturated heterocycles. The average molecular weight is 340 g/mol. The van der Waals surface area contributed by atoms with Gasteiger partial charge in [-0.05, 0) is 49.2 Å². The molecule has 0 N–H and O–H groups in total. The second-order valence-electron chi connectivity index (χ2n) is 5.17. The lowest BCUT2D eigenvalue weighted by atomic mass is 9.99. The molecule has 0 fully saturated rings. The van der Waals surface area contributed by atoms with Crippen LogP contribution < -0.4 is 0 Å². The number of aromatic nitrogens is 1. The first-order valence-corrected chi connectivity index (χ1v) is 7.52. The minimum Gasteiger partial charge on any atom is -0.289 e. The maximum absolute atomic E-state index is 12.7. The quantitative estimate of drug-likeness (QED) is 0.625. The van der Waals surface area contributed by atoms with E-state index in [4.69, 9.17) is 0 Å². The highest BCUT2D eigenvalue weighted by molar-refractivity contribution is 9.10. The number of ketones is 1. The largest absolute Gasteiger partial charge is 0.289 e. The number of halogens is 1. The number of hydrogen-bond donors (Lipinski definition) is 0. The third-order valence-corrected chi connectivity index (χ3v) is 4.80. The molecule has 0 bridgehead atoms. The van der Waals surface area contributed by atoms with Gasteiger partial charge in [-0.25, -0.2) is 0 Å². The molecule has 0 amide bonds. The minimum atomic E-state index is 0.00644. The van der Waals surface area contributed by atoms with Crippen LogP contribution in [-0.4, -0.2) is 10.8 Å². The first-order chi connectivity index (χ1) is 10.1. The van der Waals surface area contributed by atoms with Gasteiger partial charge in [0.25, 0.3) is 0 Å². The number of carbonyl (C=O) groups excluding carboxylic acids is 1. The Balaban J connectivity index is 2.08. The second-order valence-corrected chi connectivity index (χ2v) is 5.96. The molecule has 1 aromatic heterocycles. The Labute approximate surface area is 132 Å². The summed E-state index contributed by atoms with van der Waals surface area (Å²) in [5, 5.41) is 0.980. The van der Waals surface area contributed by atoms with Gasteiger partial charge in [-0.3, -0.25) is 9.78 Å². The van der Waals surface area contributed by atoms with Crippen molar-refractivity contribution in [3.63, 3.8) is 0 Å². The Kier molecular flexibility index (Phi) is 3.60. The zero-order valence-corrected chi connectivity index (χ0v) is 13.4. The monoisotopic (exact) mass is 339 g/mol. The van der Waals surface area contributed by atoms with Crippen LogP contribution in [0.3, 0.4) is 0 Å². The molecular weight excluding hydrogens is 326 g/mol. The summed E-state index contributed by atoms with van der Waals surface area (Å²) in [5.74, 6) is 0.00644. The normalized spacial score (nSPS) is 10.8. The van der Waals surface area contributed by atoms with Crippen molar-refractivity contribution in [3.8, 4) is 0 Å². The van der Waals surface area contributed by atoms with E-state index in [-0.39, 0.29) is 5.78 Å². The Morgan fingerprint density at radius 1 is 1.00 bits per heavy atom. The average Bonchev–Trinajstić information content (AvgIpc) is 2.51. The Morgan fingerprint density at radius 3 is 2.38 bits per heavy atom. The molecule has 1 heterocycles. The van der Waals surface area contributed by atoms with Crippen LogP contribution in [-0.2, 0) is 0 Å². The fourth-order valence-electron chi connectivity index (χ4n) is 2.44. The number of aryl methyl sites for hydroxylation is 2. The summed E-state index contributed by atoms with van der Waals surface area (Å²) < 4.78 is 1.05. The predicted octanol–water partition coefficient (Wildman–Crippen LogP) is 4.85. The van der Waals surface area contributed by atoms with Gasteiger partial charge >= 0.3 is 0 Å². The minimum absolute atomic E-state index is 0.00644. The van der Waals surface area contributed by atoms with Gasteiger partial charge in [0.05, 0.1) is 5.52 Å². The van der Waals surface area contributed by atoms with Crippen LogP contribution in [0, 0.1) is 13.8 Å². The van der Waals surface area contributed by atoms with Crippen LogP contribution in [0.5, 0.6) is 0 Å². The molecule has 3 rings (SSSR count). The van der Waals surface area contributed by atoms with E-state index < -0.39 is 0 Å².